The van der Waals surface area contributed by atoms with Crippen LogP contribution in [0.15, 0.2) is 0 Å². The second kappa shape index (κ2) is 6.68. The van der Waals surface area contributed by atoms with Gasteiger partial charge in [0.15, 0.2) is 0 Å². The van der Waals surface area contributed by atoms with Crippen LogP contribution in [0, 0.1) is 11.3 Å². The van der Waals surface area contributed by atoms with E-state index in [9.17, 15) is 4.79 Å². The van der Waals surface area contributed by atoms with Crippen LogP contribution >= 0.6 is 0 Å². The summed E-state index contributed by atoms with van der Waals surface area (Å²) in [5.74, 6) is 0.585. The number of carbonyl (C=O) groups excluding carboxylic acids is 1. The first-order chi connectivity index (χ1) is 8.77. The normalized spacial score (nSPS) is 27.3. The third-order valence-electron chi connectivity index (χ3n) is 3.70. The lowest BCUT2D eigenvalue weighted by atomic mass is 9.84. The highest BCUT2D eigenvalue weighted by Gasteiger charge is 2.46. The highest BCUT2D eigenvalue weighted by atomic mass is 16.5. The Labute approximate surface area is 117 Å². The third-order valence-corrected chi connectivity index (χ3v) is 3.70. The first-order valence-electron chi connectivity index (χ1n) is 7.04. The molecule has 2 unspecified atom stereocenters. The van der Waals surface area contributed by atoms with Gasteiger partial charge in [-0.1, -0.05) is 13.8 Å². The van der Waals surface area contributed by atoms with Crippen molar-refractivity contribution in [3.63, 3.8) is 0 Å². The van der Waals surface area contributed by atoms with E-state index in [0.717, 1.165) is 19.6 Å². The Hall–Kier alpha value is -0.650. The molecule has 0 saturated carbocycles. The van der Waals surface area contributed by atoms with Gasteiger partial charge in [-0.3, -0.25) is 4.79 Å². The molecule has 0 aliphatic carbocycles. The second-order valence-electron chi connectivity index (χ2n) is 6.49. The van der Waals surface area contributed by atoms with Crippen molar-refractivity contribution in [3.8, 4) is 0 Å². The predicted octanol–water partition coefficient (Wildman–Crippen LogP) is 0.396. The van der Waals surface area contributed by atoms with Gasteiger partial charge in [-0.25, -0.2) is 0 Å². The Morgan fingerprint density at radius 1 is 1.42 bits per heavy atom. The van der Waals surface area contributed by atoms with Crippen molar-refractivity contribution in [2.75, 3.05) is 46.9 Å². The van der Waals surface area contributed by atoms with Gasteiger partial charge >= 0.3 is 0 Å². The number of amides is 1. The minimum atomic E-state index is -0.568. The molecule has 1 amide bonds. The lowest BCUT2D eigenvalue weighted by Gasteiger charge is -2.34. The average molecular weight is 271 g/mol. The number of nitrogens with two attached hydrogens (primary N) is 1. The SMILES string of the molecule is CC(C)CN(CCN(C)C)C(=O)C1(C)COCC1N. The van der Waals surface area contributed by atoms with E-state index in [2.05, 4.69) is 18.7 Å². The van der Waals surface area contributed by atoms with Crippen LogP contribution in [0.3, 0.4) is 0 Å². The monoisotopic (exact) mass is 271 g/mol. The summed E-state index contributed by atoms with van der Waals surface area (Å²) in [5.41, 5.74) is 5.49. The Kier molecular flexibility index (Phi) is 5.77. The smallest absolute Gasteiger partial charge is 0.232 e. The number of rotatable bonds is 6. The maximum atomic E-state index is 12.8. The first-order valence-corrected chi connectivity index (χ1v) is 7.04. The molecule has 5 nitrogen and oxygen atoms in total. The van der Waals surface area contributed by atoms with Crippen molar-refractivity contribution in [1.29, 1.82) is 0 Å². The third kappa shape index (κ3) is 4.16. The molecular weight excluding hydrogens is 242 g/mol. The molecule has 1 rings (SSSR count). The minimum absolute atomic E-state index is 0.132. The molecule has 1 fully saturated rings. The Balaban J connectivity index is 2.75. The van der Waals surface area contributed by atoms with Crippen molar-refractivity contribution in [2.45, 2.75) is 26.8 Å². The van der Waals surface area contributed by atoms with Crippen LogP contribution in [0.5, 0.6) is 0 Å². The van der Waals surface area contributed by atoms with E-state index in [1.54, 1.807) is 0 Å². The highest BCUT2D eigenvalue weighted by molar-refractivity contribution is 5.83. The van der Waals surface area contributed by atoms with Gasteiger partial charge in [-0.05, 0) is 26.9 Å². The van der Waals surface area contributed by atoms with Gasteiger partial charge in [0.2, 0.25) is 5.91 Å². The van der Waals surface area contributed by atoms with Crippen molar-refractivity contribution in [1.82, 2.24) is 9.80 Å². The quantitative estimate of drug-likeness (QED) is 0.759. The number of ether oxygens (including phenoxy) is 1. The molecule has 0 spiro atoms. The molecule has 112 valence electrons. The Morgan fingerprint density at radius 3 is 2.47 bits per heavy atom. The van der Waals surface area contributed by atoms with E-state index >= 15 is 0 Å². The molecule has 0 aromatic carbocycles. The number of likely N-dealkylation sites (N-methyl/N-ethyl adjacent to an activating group) is 1. The number of hydrogen-bond donors (Lipinski definition) is 1. The molecule has 0 radical (unpaired) electrons. The van der Waals surface area contributed by atoms with Gasteiger partial charge in [-0.15, -0.1) is 0 Å². The Bertz CT molecular complexity index is 307. The predicted molar refractivity (Wildman–Crippen MR) is 76.9 cm³/mol. The molecule has 1 saturated heterocycles. The molecule has 1 aliphatic rings. The molecule has 1 heterocycles. The molecule has 2 N–H and O–H groups in total. The summed E-state index contributed by atoms with van der Waals surface area (Å²) >= 11 is 0. The fourth-order valence-electron chi connectivity index (χ4n) is 2.31. The molecule has 2 atom stereocenters. The second-order valence-corrected chi connectivity index (χ2v) is 6.49. The molecule has 0 bridgehead atoms. The molecular formula is C14H29N3O2. The molecule has 0 aromatic heterocycles. The summed E-state index contributed by atoms with van der Waals surface area (Å²) in [6, 6.07) is -0.200. The molecule has 0 aromatic rings. The van der Waals surface area contributed by atoms with Crippen LogP contribution in [0.1, 0.15) is 20.8 Å². The summed E-state index contributed by atoms with van der Waals surface area (Å²) in [6.45, 7) is 9.48. The lowest BCUT2D eigenvalue weighted by Crippen LogP contribution is -2.53. The van der Waals surface area contributed by atoms with Gasteiger partial charge in [-0.2, -0.15) is 0 Å². The van der Waals surface area contributed by atoms with E-state index in [1.807, 2.05) is 25.9 Å². The van der Waals surface area contributed by atoms with Crippen LogP contribution < -0.4 is 5.73 Å². The first kappa shape index (κ1) is 16.4. The number of carbonyl (C=O) groups is 1. The summed E-state index contributed by atoms with van der Waals surface area (Å²) in [5, 5.41) is 0. The summed E-state index contributed by atoms with van der Waals surface area (Å²) in [7, 11) is 4.04. The van der Waals surface area contributed by atoms with E-state index in [-0.39, 0.29) is 11.9 Å². The summed E-state index contributed by atoms with van der Waals surface area (Å²) in [4.78, 5) is 16.8. The van der Waals surface area contributed by atoms with Crippen LogP contribution in [-0.2, 0) is 9.53 Å². The van der Waals surface area contributed by atoms with Crippen LogP contribution in [0.2, 0.25) is 0 Å². The zero-order valence-corrected chi connectivity index (χ0v) is 13.0. The van der Waals surface area contributed by atoms with Crippen LogP contribution in [0.25, 0.3) is 0 Å². The average Bonchev–Trinajstić information content (AvgIpc) is 2.64. The van der Waals surface area contributed by atoms with Gasteiger partial charge in [0.05, 0.1) is 18.6 Å². The van der Waals surface area contributed by atoms with E-state index in [0.29, 0.717) is 19.1 Å². The van der Waals surface area contributed by atoms with Crippen LogP contribution in [-0.4, -0.2) is 68.7 Å². The maximum absolute atomic E-state index is 12.8. The lowest BCUT2D eigenvalue weighted by molar-refractivity contribution is -0.142. The molecule has 1 aliphatic heterocycles. The van der Waals surface area contributed by atoms with Gasteiger partial charge in [0, 0.05) is 25.7 Å². The number of hydrogen-bond acceptors (Lipinski definition) is 4. The summed E-state index contributed by atoms with van der Waals surface area (Å²) < 4.78 is 5.39. The topological polar surface area (TPSA) is 58.8 Å². The number of nitrogens with zero attached hydrogens (tertiary/aromatic N) is 2. The van der Waals surface area contributed by atoms with E-state index in [1.165, 1.54) is 0 Å². The molecule has 5 heteroatoms. The van der Waals surface area contributed by atoms with Crippen molar-refractivity contribution >= 4 is 5.91 Å². The maximum Gasteiger partial charge on any atom is 0.232 e. The van der Waals surface area contributed by atoms with Gasteiger partial charge in [0.25, 0.3) is 0 Å². The van der Waals surface area contributed by atoms with E-state index < -0.39 is 5.41 Å². The van der Waals surface area contributed by atoms with Crippen molar-refractivity contribution in [3.05, 3.63) is 0 Å². The fourth-order valence-corrected chi connectivity index (χ4v) is 2.31. The highest BCUT2D eigenvalue weighted by Crippen LogP contribution is 2.29. The molecule has 19 heavy (non-hydrogen) atoms. The van der Waals surface area contributed by atoms with Crippen LogP contribution in [0.4, 0.5) is 0 Å². The zero-order chi connectivity index (χ0) is 14.6. The van der Waals surface area contributed by atoms with Crippen molar-refractivity contribution in [2.24, 2.45) is 17.1 Å². The zero-order valence-electron chi connectivity index (χ0n) is 13.0. The summed E-state index contributed by atoms with van der Waals surface area (Å²) in [6.07, 6.45) is 0. The largest absolute Gasteiger partial charge is 0.379 e. The standard InChI is InChI=1S/C14H29N3O2/c1-11(2)8-17(7-6-16(4)5)13(18)14(3)10-19-9-12(14)15/h11-12H,6-10,15H2,1-5H3. The Morgan fingerprint density at radius 2 is 2.05 bits per heavy atom. The van der Waals surface area contributed by atoms with Gasteiger partial charge < -0.3 is 20.3 Å². The fraction of sp³-hybridized carbons (Fsp3) is 0.929. The van der Waals surface area contributed by atoms with E-state index in [4.69, 9.17) is 10.5 Å². The van der Waals surface area contributed by atoms with Crippen molar-refractivity contribution < 1.29 is 9.53 Å². The minimum Gasteiger partial charge on any atom is -0.379 e. The van der Waals surface area contributed by atoms with Gasteiger partial charge in [0.1, 0.15) is 0 Å².